The molecule has 0 aromatic heterocycles. The predicted octanol–water partition coefficient (Wildman–Crippen LogP) is 3.78. The van der Waals surface area contributed by atoms with Crippen LogP contribution in [0, 0.1) is 5.92 Å². The molecule has 4 heteroatoms. The van der Waals surface area contributed by atoms with Crippen LogP contribution in [-0.2, 0) is 9.84 Å². The number of hydrogen-bond donors (Lipinski definition) is 0. The molecule has 0 spiro atoms. The van der Waals surface area contributed by atoms with Gasteiger partial charge in [-0.1, -0.05) is 26.2 Å². The minimum Gasteiger partial charge on any atom is -0.229 e. The molecule has 1 rings (SSSR count). The van der Waals surface area contributed by atoms with Crippen LogP contribution in [0.2, 0.25) is 0 Å². The van der Waals surface area contributed by atoms with E-state index >= 15 is 0 Å². The highest BCUT2D eigenvalue weighted by Crippen LogP contribution is 2.32. The summed E-state index contributed by atoms with van der Waals surface area (Å²) in [5, 5.41) is 0.180. The minimum absolute atomic E-state index is 0.0961. The van der Waals surface area contributed by atoms with Gasteiger partial charge in [-0.05, 0) is 38.0 Å². The third-order valence-corrected chi connectivity index (χ3v) is 5.91. The van der Waals surface area contributed by atoms with Crippen molar-refractivity contribution in [3.63, 3.8) is 0 Å². The number of halogens is 1. The maximum Gasteiger partial charge on any atom is 0.150 e. The monoisotopic (exact) mass is 280 g/mol. The molecule has 17 heavy (non-hydrogen) atoms. The third kappa shape index (κ3) is 5.60. The molecule has 0 aliphatic heterocycles. The molecule has 0 aromatic rings. The second kappa shape index (κ2) is 6.98. The Morgan fingerprint density at radius 1 is 1.29 bits per heavy atom. The highest BCUT2D eigenvalue weighted by Gasteiger charge is 2.28. The molecule has 1 aliphatic carbocycles. The van der Waals surface area contributed by atoms with Crippen LogP contribution in [0.4, 0.5) is 0 Å². The van der Waals surface area contributed by atoms with Gasteiger partial charge >= 0.3 is 0 Å². The first-order chi connectivity index (χ1) is 7.93. The van der Waals surface area contributed by atoms with Crippen molar-refractivity contribution in [2.75, 3.05) is 6.26 Å². The standard InChI is InChI=1S/C13H25ClO2S/c1-3-5-12(14)9-8-11-6-4-7-13(10-11)17(2,15)16/h11-13H,3-10H2,1-2H3. The summed E-state index contributed by atoms with van der Waals surface area (Å²) in [6.45, 7) is 2.15. The van der Waals surface area contributed by atoms with E-state index in [1.54, 1.807) is 0 Å². The van der Waals surface area contributed by atoms with Gasteiger partial charge < -0.3 is 0 Å². The Kier molecular flexibility index (Phi) is 6.28. The molecule has 0 radical (unpaired) electrons. The summed E-state index contributed by atoms with van der Waals surface area (Å²) in [7, 11) is -2.84. The average molecular weight is 281 g/mol. The van der Waals surface area contributed by atoms with E-state index in [-0.39, 0.29) is 10.6 Å². The first-order valence-corrected chi connectivity index (χ1v) is 9.15. The van der Waals surface area contributed by atoms with Gasteiger partial charge in [0.15, 0.2) is 0 Å². The fourth-order valence-corrected chi connectivity index (χ4v) is 4.33. The van der Waals surface area contributed by atoms with E-state index in [1.165, 1.54) is 12.7 Å². The summed E-state index contributed by atoms with van der Waals surface area (Å²) >= 11 is 6.21. The second-order valence-corrected chi connectivity index (χ2v) is 8.39. The van der Waals surface area contributed by atoms with Crippen LogP contribution in [-0.4, -0.2) is 25.3 Å². The maximum absolute atomic E-state index is 11.5. The normalized spacial score (nSPS) is 27.9. The van der Waals surface area contributed by atoms with Crippen molar-refractivity contribution < 1.29 is 8.42 Å². The van der Waals surface area contributed by atoms with Gasteiger partial charge in [-0.15, -0.1) is 11.6 Å². The summed E-state index contributed by atoms with van der Waals surface area (Å²) in [5.74, 6) is 0.571. The third-order valence-electron chi connectivity index (χ3n) is 3.83. The SMILES string of the molecule is CCCC(Cl)CCC1CCCC(S(C)(=O)=O)C1. The van der Waals surface area contributed by atoms with Crippen LogP contribution in [0.1, 0.15) is 58.3 Å². The summed E-state index contributed by atoms with van der Waals surface area (Å²) in [5.41, 5.74) is 0. The van der Waals surface area contributed by atoms with Crippen molar-refractivity contribution in [1.82, 2.24) is 0 Å². The lowest BCUT2D eigenvalue weighted by Gasteiger charge is -2.28. The molecule has 102 valence electrons. The Hall–Kier alpha value is 0.240. The molecule has 0 bridgehead atoms. The topological polar surface area (TPSA) is 34.1 Å². The molecule has 0 saturated heterocycles. The highest BCUT2D eigenvalue weighted by molar-refractivity contribution is 7.91. The van der Waals surface area contributed by atoms with Crippen LogP contribution in [0.15, 0.2) is 0 Å². The molecule has 3 unspecified atom stereocenters. The van der Waals surface area contributed by atoms with Gasteiger partial charge in [0.1, 0.15) is 9.84 Å². The zero-order valence-corrected chi connectivity index (χ0v) is 12.6. The number of rotatable bonds is 6. The zero-order chi connectivity index (χ0) is 12.9. The van der Waals surface area contributed by atoms with Crippen LogP contribution in [0.3, 0.4) is 0 Å². The summed E-state index contributed by atoms with van der Waals surface area (Å²) in [6, 6.07) is 0. The van der Waals surface area contributed by atoms with Crippen molar-refractivity contribution in [1.29, 1.82) is 0 Å². The van der Waals surface area contributed by atoms with E-state index < -0.39 is 9.84 Å². The molecule has 0 aromatic carbocycles. The van der Waals surface area contributed by atoms with E-state index in [0.29, 0.717) is 5.92 Å². The molecular weight excluding hydrogens is 256 g/mol. The molecule has 1 saturated carbocycles. The molecule has 1 fully saturated rings. The van der Waals surface area contributed by atoms with E-state index in [0.717, 1.165) is 44.9 Å². The molecule has 0 heterocycles. The Bertz CT molecular complexity index is 313. The van der Waals surface area contributed by atoms with Crippen molar-refractivity contribution in [3.05, 3.63) is 0 Å². The predicted molar refractivity (Wildman–Crippen MR) is 74.4 cm³/mol. The van der Waals surface area contributed by atoms with Gasteiger partial charge in [0.2, 0.25) is 0 Å². The second-order valence-electron chi connectivity index (χ2n) is 5.45. The van der Waals surface area contributed by atoms with Crippen LogP contribution < -0.4 is 0 Å². The van der Waals surface area contributed by atoms with Crippen LogP contribution >= 0.6 is 11.6 Å². The number of alkyl halides is 1. The molecule has 2 nitrogen and oxygen atoms in total. The van der Waals surface area contributed by atoms with Crippen molar-refractivity contribution >= 4 is 21.4 Å². The lowest BCUT2D eigenvalue weighted by molar-refractivity contribution is 0.329. The smallest absolute Gasteiger partial charge is 0.150 e. The summed E-state index contributed by atoms with van der Waals surface area (Å²) in [4.78, 5) is 0. The van der Waals surface area contributed by atoms with Gasteiger partial charge in [0, 0.05) is 11.6 Å². The van der Waals surface area contributed by atoms with Gasteiger partial charge in [-0.3, -0.25) is 0 Å². The van der Waals surface area contributed by atoms with Gasteiger partial charge in [-0.2, -0.15) is 0 Å². The zero-order valence-electron chi connectivity index (χ0n) is 11.0. The maximum atomic E-state index is 11.5. The number of hydrogen-bond acceptors (Lipinski definition) is 2. The van der Waals surface area contributed by atoms with Crippen molar-refractivity contribution in [3.8, 4) is 0 Å². The molecule has 0 N–H and O–H groups in total. The largest absolute Gasteiger partial charge is 0.229 e. The fraction of sp³-hybridized carbons (Fsp3) is 1.00. The average Bonchev–Trinajstić information content (AvgIpc) is 2.26. The Morgan fingerprint density at radius 3 is 2.59 bits per heavy atom. The van der Waals surface area contributed by atoms with E-state index in [2.05, 4.69) is 6.92 Å². The molecular formula is C13H25ClO2S. The fourth-order valence-electron chi connectivity index (χ4n) is 2.77. The first kappa shape index (κ1) is 15.3. The quantitative estimate of drug-likeness (QED) is 0.694. The highest BCUT2D eigenvalue weighted by atomic mass is 35.5. The van der Waals surface area contributed by atoms with Gasteiger partial charge in [0.05, 0.1) is 5.25 Å². The van der Waals surface area contributed by atoms with Crippen molar-refractivity contribution in [2.45, 2.75) is 68.9 Å². The molecule has 3 atom stereocenters. The Labute approximate surface area is 111 Å². The van der Waals surface area contributed by atoms with E-state index in [1.807, 2.05) is 0 Å². The van der Waals surface area contributed by atoms with E-state index in [9.17, 15) is 8.42 Å². The first-order valence-electron chi connectivity index (χ1n) is 6.76. The lowest BCUT2D eigenvalue weighted by atomic mass is 9.85. The van der Waals surface area contributed by atoms with Crippen molar-refractivity contribution in [2.24, 2.45) is 5.92 Å². The van der Waals surface area contributed by atoms with Crippen LogP contribution in [0.25, 0.3) is 0 Å². The van der Waals surface area contributed by atoms with E-state index in [4.69, 9.17) is 11.6 Å². The summed E-state index contributed by atoms with van der Waals surface area (Å²) < 4.78 is 23.1. The van der Waals surface area contributed by atoms with Gasteiger partial charge in [-0.25, -0.2) is 8.42 Å². The number of sulfone groups is 1. The lowest BCUT2D eigenvalue weighted by Crippen LogP contribution is -2.27. The molecule has 0 amide bonds. The van der Waals surface area contributed by atoms with Crippen LogP contribution in [0.5, 0.6) is 0 Å². The van der Waals surface area contributed by atoms with Gasteiger partial charge in [0.25, 0.3) is 0 Å². The summed E-state index contributed by atoms with van der Waals surface area (Å²) in [6.07, 6.45) is 9.67. The molecule has 1 aliphatic rings. The Balaban J connectivity index is 2.35. The Morgan fingerprint density at radius 2 is 2.00 bits per heavy atom. The minimum atomic E-state index is -2.84.